The van der Waals surface area contributed by atoms with Gasteiger partial charge in [0.05, 0.1) is 34.8 Å². The third-order valence-corrected chi connectivity index (χ3v) is 4.29. The van der Waals surface area contributed by atoms with Crippen molar-refractivity contribution in [2.45, 2.75) is 6.54 Å². The van der Waals surface area contributed by atoms with Gasteiger partial charge in [0.2, 0.25) is 0 Å². The van der Waals surface area contributed by atoms with Crippen molar-refractivity contribution in [2.75, 3.05) is 7.11 Å². The largest absolute Gasteiger partial charge is 0.494 e. The summed E-state index contributed by atoms with van der Waals surface area (Å²) in [6.07, 6.45) is 0. The van der Waals surface area contributed by atoms with Crippen LogP contribution in [0, 0.1) is 5.82 Å². The van der Waals surface area contributed by atoms with Gasteiger partial charge in [-0.3, -0.25) is 14.5 Å². The lowest BCUT2D eigenvalue weighted by Crippen LogP contribution is -2.29. The normalized spacial score (nSPS) is 13.5. The minimum Gasteiger partial charge on any atom is -0.494 e. The minimum atomic E-state index is -0.562. The third-order valence-electron chi connectivity index (χ3n) is 3.57. The van der Waals surface area contributed by atoms with E-state index in [2.05, 4.69) is 0 Å². The first-order valence-electron chi connectivity index (χ1n) is 6.60. The molecule has 2 aromatic carbocycles. The fourth-order valence-corrected chi connectivity index (χ4v) is 2.75. The first-order chi connectivity index (χ1) is 10.9. The molecule has 0 aliphatic carbocycles. The molecule has 0 spiro atoms. The third kappa shape index (κ3) is 2.66. The molecule has 2 aromatic rings. The number of benzene rings is 2. The molecule has 4 nitrogen and oxygen atoms in total. The van der Waals surface area contributed by atoms with E-state index in [1.165, 1.54) is 31.4 Å². The molecule has 0 aromatic heterocycles. The Labute approximate surface area is 141 Å². The molecule has 0 radical (unpaired) electrons. The number of nitrogens with zero attached hydrogens (tertiary/aromatic N) is 1. The van der Waals surface area contributed by atoms with Crippen LogP contribution >= 0.6 is 23.2 Å². The zero-order chi connectivity index (χ0) is 16.7. The summed E-state index contributed by atoms with van der Waals surface area (Å²) in [5.74, 6) is -1.44. The van der Waals surface area contributed by atoms with Crippen molar-refractivity contribution in [3.8, 4) is 5.75 Å². The Kier molecular flexibility index (Phi) is 4.00. The molecule has 0 unspecified atom stereocenters. The second kappa shape index (κ2) is 5.83. The molecule has 1 heterocycles. The molecule has 0 atom stereocenters. The Morgan fingerprint density at radius 3 is 2.09 bits per heavy atom. The van der Waals surface area contributed by atoms with Crippen molar-refractivity contribution in [3.63, 3.8) is 0 Å². The van der Waals surface area contributed by atoms with E-state index in [0.29, 0.717) is 5.56 Å². The average molecular weight is 354 g/mol. The maximum atomic E-state index is 13.7. The molecule has 3 rings (SSSR count). The number of hydrogen-bond donors (Lipinski definition) is 0. The molecule has 23 heavy (non-hydrogen) atoms. The SMILES string of the molecule is COc1ccc(CN2C(=O)c3cc(Cl)c(Cl)cc3C2=O)cc1F. The van der Waals surface area contributed by atoms with E-state index in [0.717, 1.165) is 4.90 Å². The molecule has 0 N–H and O–H groups in total. The average Bonchev–Trinajstić information content (AvgIpc) is 2.73. The molecule has 1 aliphatic heterocycles. The van der Waals surface area contributed by atoms with Crippen molar-refractivity contribution in [1.29, 1.82) is 0 Å². The van der Waals surface area contributed by atoms with Gasteiger partial charge in [-0.05, 0) is 29.8 Å². The molecular formula is C16H10Cl2FNO3. The number of methoxy groups -OCH3 is 1. The van der Waals surface area contributed by atoms with Crippen LogP contribution in [0.3, 0.4) is 0 Å². The maximum Gasteiger partial charge on any atom is 0.261 e. The summed E-state index contributed by atoms with van der Waals surface area (Å²) in [5, 5.41) is 0.396. The van der Waals surface area contributed by atoms with E-state index >= 15 is 0 Å². The first-order valence-corrected chi connectivity index (χ1v) is 7.35. The predicted octanol–water partition coefficient (Wildman–Crippen LogP) is 3.94. The molecule has 0 fully saturated rings. The molecule has 0 saturated heterocycles. The number of halogens is 3. The van der Waals surface area contributed by atoms with E-state index in [1.54, 1.807) is 6.07 Å². The fourth-order valence-electron chi connectivity index (χ4n) is 2.42. The quantitative estimate of drug-likeness (QED) is 0.785. The van der Waals surface area contributed by atoms with Crippen LogP contribution in [0.1, 0.15) is 26.3 Å². The minimum absolute atomic E-state index is 0.0531. The van der Waals surface area contributed by atoms with Gasteiger partial charge in [-0.15, -0.1) is 0 Å². The number of amides is 2. The van der Waals surface area contributed by atoms with E-state index < -0.39 is 17.6 Å². The van der Waals surface area contributed by atoms with Gasteiger partial charge < -0.3 is 4.74 Å². The summed E-state index contributed by atoms with van der Waals surface area (Å²) in [6, 6.07) is 6.99. The highest BCUT2D eigenvalue weighted by Crippen LogP contribution is 2.32. The van der Waals surface area contributed by atoms with Gasteiger partial charge in [-0.1, -0.05) is 29.3 Å². The molecule has 2 amide bonds. The van der Waals surface area contributed by atoms with Gasteiger partial charge in [0.25, 0.3) is 11.8 Å². The summed E-state index contributed by atoms with van der Waals surface area (Å²) in [7, 11) is 1.36. The molecular weight excluding hydrogens is 344 g/mol. The topological polar surface area (TPSA) is 46.6 Å². The van der Waals surface area contributed by atoms with Crippen LogP contribution in [0.4, 0.5) is 4.39 Å². The summed E-state index contributed by atoms with van der Waals surface area (Å²) in [4.78, 5) is 25.8. The van der Waals surface area contributed by atoms with E-state index in [4.69, 9.17) is 27.9 Å². The Bertz CT molecular complexity index is 797. The number of hydrogen-bond acceptors (Lipinski definition) is 3. The van der Waals surface area contributed by atoms with Gasteiger partial charge in [-0.2, -0.15) is 0 Å². The van der Waals surface area contributed by atoms with E-state index in [1.807, 2.05) is 0 Å². The first kappa shape index (κ1) is 15.8. The summed E-state index contributed by atoms with van der Waals surface area (Å²) in [6.45, 7) is -0.0531. The van der Waals surface area contributed by atoms with Crippen molar-refractivity contribution >= 4 is 35.0 Å². The van der Waals surface area contributed by atoms with Crippen molar-refractivity contribution in [2.24, 2.45) is 0 Å². The second-order valence-electron chi connectivity index (χ2n) is 4.98. The number of carbonyl (C=O) groups is 2. The molecule has 1 aliphatic rings. The Hall–Kier alpha value is -2.11. The van der Waals surface area contributed by atoms with Crippen LogP contribution in [0.2, 0.25) is 10.0 Å². The lowest BCUT2D eigenvalue weighted by molar-refractivity contribution is 0.0642. The van der Waals surface area contributed by atoms with Gasteiger partial charge in [0.15, 0.2) is 11.6 Å². The lowest BCUT2D eigenvalue weighted by atomic mass is 10.1. The van der Waals surface area contributed by atoms with Gasteiger partial charge >= 0.3 is 0 Å². The number of carbonyl (C=O) groups excluding carboxylic acids is 2. The van der Waals surface area contributed by atoms with E-state index in [-0.39, 0.29) is 33.5 Å². The highest BCUT2D eigenvalue weighted by Gasteiger charge is 2.36. The maximum absolute atomic E-state index is 13.7. The smallest absolute Gasteiger partial charge is 0.261 e. The zero-order valence-corrected chi connectivity index (χ0v) is 13.4. The summed E-state index contributed by atoms with van der Waals surface area (Å²) < 4.78 is 18.6. The van der Waals surface area contributed by atoms with Crippen LogP contribution < -0.4 is 4.74 Å². The molecule has 7 heteroatoms. The van der Waals surface area contributed by atoms with Crippen LogP contribution in [0.15, 0.2) is 30.3 Å². The summed E-state index contributed by atoms with van der Waals surface area (Å²) >= 11 is 11.8. The Morgan fingerprint density at radius 1 is 1.04 bits per heavy atom. The fraction of sp³-hybridized carbons (Fsp3) is 0.125. The van der Waals surface area contributed by atoms with Crippen LogP contribution in [0.5, 0.6) is 5.75 Å². The molecule has 0 saturated carbocycles. The number of ether oxygens (including phenoxy) is 1. The Balaban J connectivity index is 1.92. The van der Waals surface area contributed by atoms with Crippen molar-refractivity contribution in [3.05, 3.63) is 62.9 Å². The number of rotatable bonds is 3. The van der Waals surface area contributed by atoms with Crippen LogP contribution in [-0.2, 0) is 6.54 Å². The van der Waals surface area contributed by atoms with Crippen LogP contribution in [0.25, 0.3) is 0 Å². The highest BCUT2D eigenvalue weighted by atomic mass is 35.5. The highest BCUT2D eigenvalue weighted by molar-refractivity contribution is 6.43. The van der Waals surface area contributed by atoms with Crippen molar-refractivity contribution in [1.82, 2.24) is 4.90 Å². The van der Waals surface area contributed by atoms with E-state index in [9.17, 15) is 14.0 Å². The van der Waals surface area contributed by atoms with Crippen LogP contribution in [-0.4, -0.2) is 23.8 Å². The molecule has 118 valence electrons. The lowest BCUT2D eigenvalue weighted by Gasteiger charge is -2.14. The number of imide groups is 1. The monoisotopic (exact) mass is 353 g/mol. The standard InChI is InChI=1S/C16H10Cl2FNO3/c1-23-14-3-2-8(4-13(14)19)7-20-15(21)9-5-11(17)12(18)6-10(9)16(20)22/h2-6H,7H2,1H3. The van der Waals surface area contributed by atoms with Gasteiger partial charge in [0.1, 0.15) is 0 Å². The Morgan fingerprint density at radius 2 is 1.61 bits per heavy atom. The second-order valence-corrected chi connectivity index (χ2v) is 5.79. The predicted molar refractivity (Wildman–Crippen MR) is 83.6 cm³/mol. The summed E-state index contributed by atoms with van der Waals surface area (Å²) in [5.41, 5.74) is 0.853. The molecule has 0 bridgehead atoms. The van der Waals surface area contributed by atoms with Gasteiger partial charge in [0, 0.05) is 0 Å². The van der Waals surface area contributed by atoms with Crippen molar-refractivity contribution < 1.29 is 18.7 Å². The zero-order valence-electron chi connectivity index (χ0n) is 11.9. The number of fused-ring (bicyclic) bond motifs is 1. The van der Waals surface area contributed by atoms with Gasteiger partial charge in [-0.25, -0.2) is 4.39 Å².